The molecule has 0 unspecified atom stereocenters. The van der Waals surface area contributed by atoms with Crippen LogP contribution in [0, 0.1) is 5.92 Å². The summed E-state index contributed by atoms with van der Waals surface area (Å²) in [6.45, 7) is 5.30. The number of nitrogens with zero attached hydrogens (tertiary/aromatic N) is 3. The fourth-order valence-electron chi connectivity index (χ4n) is 4.25. The molecule has 30 heavy (non-hydrogen) atoms. The van der Waals surface area contributed by atoms with Gasteiger partial charge in [0.2, 0.25) is 15.9 Å². The van der Waals surface area contributed by atoms with Crippen LogP contribution in [-0.4, -0.2) is 80.6 Å². The number of morpholine rings is 1. The van der Waals surface area contributed by atoms with Crippen LogP contribution in [0.15, 0.2) is 35.4 Å². The van der Waals surface area contributed by atoms with Crippen molar-refractivity contribution in [2.45, 2.75) is 17.7 Å². The van der Waals surface area contributed by atoms with Crippen molar-refractivity contribution in [3.8, 4) is 0 Å². The van der Waals surface area contributed by atoms with Gasteiger partial charge in [0.1, 0.15) is 0 Å². The topological polar surface area (TPSA) is 83.9 Å². The minimum atomic E-state index is -3.63. The first-order valence-electron chi connectivity index (χ1n) is 10.6. The predicted molar refractivity (Wildman–Crippen MR) is 115 cm³/mol. The molecule has 0 saturated carbocycles. The van der Waals surface area contributed by atoms with Gasteiger partial charge in [-0.25, -0.2) is 8.42 Å². The van der Waals surface area contributed by atoms with E-state index in [1.165, 1.54) is 4.31 Å². The lowest BCUT2D eigenvalue weighted by Gasteiger charge is -2.31. The van der Waals surface area contributed by atoms with Crippen molar-refractivity contribution >= 4 is 26.8 Å². The highest BCUT2D eigenvalue weighted by molar-refractivity contribution is 7.89. The van der Waals surface area contributed by atoms with E-state index in [2.05, 4.69) is 10.2 Å². The third-order valence-corrected chi connectivity index (χ3v) is 7.94. The lowest BCUT2D eigenvalue weighted by atomic mass is 9.99. The Morgan fingerprint density at radius 2 is 2.00 bits per heavy atom. The van der Waals surface area contributed by atoms with Gasteiger partial charge in [-0.2, -0.15) is 4.31 Å². The summed E-state index contributed by atoms with van der Waals surface area (Å²) in [4.78, 5) is 15.2. The monoisotopic (exact) mass is 434 g/mol. The molecule has 4 rings (SSSR count). The molecule has 1 atom stereocenters. The smallest absolute Gasteiger partial charge is 0.243 e. The predicted octanol–water partition coefficient (Wildman–Crippen LogP) is 1.03. The van der Waals surface area contributed by atoms with Crippen molar-refractivity contribution in [2.75, 3.05) is 52.5 Å². The standard InChI is InChI=1S/C21H30N4O4S/c1-23-9-6-17-15-19(4-5-20(17)23)30(27,28)25-8-2-3-18(16-25)21(26)22-7-10-24-11-13-29-14-12-24/h4-6,9,15,18H,2-3,7-8,10-14,16H2,1H3,(H,22,26)/t18-/m1/s1. The molecule has 8 nitrogen and oxygen atoms in total. The molecule has 2 fully saturated rings. The van der Waals surface area contributed by atoms with Gasteiger partial charge in [-0.1, -0.05) is 0 Å². The Kier molecular flexibility index (Phi) is 6.43. The molecule has 0 bridgehead atoms. The van der Waals surface area contributed by atoms with E-state index in [1.54, 1.807) is 12.1 Å². The highest BCUT2D eigenvalue weighted by Gasteiger charge is 2.33. The SMILES string of the molecule is Cn1ccc2cc(S(=O)(=O)N3CCC[C@@H](C(=O)NCCN4CCOCC4)C3)ccc21. The number of carbonyl (C=O) groups is 1. The lowest BCUT2D eigenvalue weighted by molar-refractivity contribution is -0.126. The van der Waals surface area contributed by atoms with E-state index >= 15 is 0 Å². The van der Waals surface area contributed by atoms with Crippen LogP contribution >= 0.6 is 0 Å². The number of fused-ring (bicyclic) bond motifs is 1. The molecule has 2 saturated heterocycles. The van der Waals surface area contributed by atoms with Crippen molar-refractivity contribution in [1.29, 1.82) is 0 Å². The summed E-state index contributed by atoms with van der Waals surface area (Å²) in [6, 6.07) is 7.12. The maximum atomic E-state index is 13.2. The molecule has 9 heteroatoms. The Hall–Kier alpha value is -1.94. The van der Waals surface area contributed by atoms with Gasteiger partial charge >= 0.3 is 0 Å². The summed E-state index contributed by atoms with van der Waals surface area (Å²) in [6.07, 6.45) is 3.32. The van der Waals surface area contributed by atoms with Crippen molar-refractivity contribution < 1.29 is 17.9 Å². The van der Waals surface area contributed by atoms with Crippen LogP contribution in [0.2, 0.25) is 0 Å². The number of carbonyl (C=O) groups excluding carboxylic acids is 1. The zero-order chi connectivity index (χ0) is 21.1. The largest absolute Gasteiger partial charge is 0.379 e. The van der Waals surface area contributed by atoms with Crippen LogP contribution in [0.1, 0.15) is 12.8 Å². The first-order chi connectivity index (χ1) is 14.4. The molecule has 1 N–H and O–H groups in total. The Morgan fingerprint density at radius 3 is 2.80 bits per heavy atom. The highest BCUT2D eigenvalue weighted by atomic mass is 32.2. The number of ether oxygens (including phenoxy) is 1. The van der Waals surface area contributed by atoms with Gasteiger partial charge in [-0.3, -0.25) is 9.69 Å². The molecule has 3 heterocycles. The number of aryl methyl sites for hydroxylation is 1. The summed E-state index contributed by atoms with van der Waals surface area (Å²) < 4.78 is 35.2. The molecule has 0 radical (unpaired) electrons. The van der Waals surface area contributed by atoms with E-state index in [-0.39, 0.29) is 23.3 Å². The van der Waals surface area contributed by atoms with Gasteiger partial charge in [0, 0.05) is 63.4 Å². The van der Waals surface area contributed by atoms with Crippen molar-refractivity contribution in [3.63, 3.8) is 0 Å². The first kappa shape index (κ1) is 21.3. The van der Waals surface area contributed by atoms with Crippen LogP contribution < -0.4 is 5.32 Å². The molecule has 2 aromatic rings. The molecule has 1 aromatic heterocycles. The molecule has 1 amide bonds. The van der Waals surface area contributed by atoms with E-state index in [9.17, 15) is 13.2 Å². The van der Waals surface area contributed by atoms with Crippen LogP contribution in [0.4, 0.5) is 0 Å². The highest BCUT2D eigenvalue weighted by Crippen LogP contribution is 2.26. The van der Waals surface area contributed by atoms with Crippen LogP contribution in [0.5, 0.6) is 0 Å². The maximum absolute atomic E-state index is 13.2. The zero-order valence-corrected chi connectivity index (χ0v) is 18.2. The second-order valence-electron chi connectivity index (χ2n) is 8.09. The molecular weight excluding hydrogens is 404 g/mol. The Morgan fingerprint density at radius 1 is 1.20 bits per heavy atom. The molecule has 1 aromatic carbocycles. The van der Waals surface area contributed by atoms with Gasteiger partial charge in [0.15, 0.2) is 0 Å². The van der Waals surface area contributed by atoms with Gasteiger partial charge in [-0.05, 0) is 37.1 Å². The Bertz CT molecular complexity index is 998. The number of hydrogen-bond donors (Lipinski definition) is 1. The number of rotatable bonds is 6. The summed E-state index contributed by atoms with van der Waals surface area (Å²) in [7, 11) is -1.69. The van der Waals surface area contributed by atoms with Crippen LogP contribution in [0.3, 0.4) is 0 Å². The summed E-state index contributed by atoms with van der Waals surface area (Å²) in [5.74, 6) is -0.361. The minimum absolute atomic E-state index is 0.0540. The van der Waals surface area contributed by atoms with Crippen molar-refractivity contribution in [2.24, 2.45) is 13.0 Å². The zero-order valence-electron chi connectivity index (χ0n) is 17.4. The van der Waals surface area contributed by atoms with Gasteiger partial charge in [-0.15, -0.1) is 0 Å². The van der Waals surface area contributed by atoms with E-state index in [0.717, 1.165) is 43.8 Å². The summed E-state index contributed by atoms with van der Waals surface area (Å²) in [5, 5.41) is 3.89. The van der Waals surface area contributed by atoms with Crippen LogP contribution in [0.25, 0.3) is 10.9 Å². The van der Waals surface area contributed by atoms with Gasteiger partial charge in [0.25, 0.3) is 0 Å². The van der Waals surface area contributed by atoms with E-state index in [0.29, 0.717) is 25.9 Å². The van der Waals surface area contributed by atoms with E-state index in [4.69, 9.17) is 4.74 Å². The number of nitrogens with one attached hydrogen (secondary N) is 1. The lowest BCUT2D eigenvalue weighted by Crippen LogP contribution is -2.47. The number of sulfonamides is 1. The maximum Gasteiger partial charge on any atom is 0.243 e. The van der Waals surface area contributed by atoms with Crippen molar-refractivity contribution in [1.82, 2.24) is 19.1 Å². The Balaban J connectivity index is 1.37. The molecule has 0 aliphatic carbocycles. The fraction of sp³-hybridized carbons (Fsp3) is 0.571. The fourth-order valence-corrected chi connectivity index (χ4v) is 5.81. The second kappa shape index (κ2) is 9.05. The number of benzene rings is 1. The number of amides is 1. The molecule has 164 valence electrons. The average Bonchev–Trinajstić information content (AvgIpc) is 3.15. The van der Waals surface area contributed by atoms with E-state index in [1.807, 2.05) is 29.9 Å². The van der Waals surface area contributed by atoms with Crippen molar-refractivity contribution in [3.05, 3.63) is 30.5 Å². The summed E-state index contributed by atoms with van der Waals surface area (Å²) >= 11 is 0. The van der Waals surface area contributed by atoms with Crippen LogP contribution in [-0.2, 0) is 26.6 Å². The summed E-state index contributed by atoms with van der Waals surface area (Å²) in [5.41, 5.74) is 0.991. The average molecular weight is 435 g/mol. The first-order valence-corrected chi connectivity index (χ1v) is 12.0. The number of piperidine rings is 1. The van der Waals surface area contributed by atoms with Gasteiger partial charge < -0.3 is 14.6 Å². The number of hydrogen-bond acceptors (Lipinski definition) is 5. The van der Waals surface area contributed by atoms with Gasteiger partial charge in [0.05, 0.1) is 24.0 Å². The molecular formula is C21H30N4O4S. The molecule has 0 spiro atoms. The normalized spacial score (nSPS) is 21.7. The molecule has 2 aliphatic rings. The third-order valence-electron chi connectivity index (χ3n) is 6.08. The Labute approximate surface area is 177 Å². The second-order valence-corrected chi connectivity index (χ2v) is 10.0. The quantitative estimate of drug-likeness (QED) is 0.734. The minimum Gasteiger partial charge on any atom is -0.379 e. The number of aromatic nitrogens is 1. The molecule has 2 aliphatic heterocycles. The van der Waals surface area contributed by atoms with E-state index < -0.39 is 10.0 Å². The third kappa shape index (κ3) is 4.54.